The van der Waals surface area contributed by atoms with Gasteiger partial charge in [0.25, 0.3) is 0 Å². The summed E-state index contributed by atoms with van der Waals surface area (Å²) in [7, 11) is 0. The zero-order valence-corrected chi connectivity index (χ0v) is 14.1. The van der Waals surface area contributed by atoms with Crippen molar-refractivity contribution in [1.29, 1.82) is 0 Å². The van der Waals surface area contributed by atoms with Crippen molar-refractivity contribution in [2.75, 3.05) is 0 Å². The van der Waals surface area contributed by atoms with E-state index >= 15 is 0 Å². The molecule has 2 aromatic carbocycles. The van der Waals surface area contributed by atoms with Gasteiger partial charge >= 0.3 is 5.97 Å². The number of aromatic nitrogens is 3. The lowest BCUT2D eigenvalue weighted by molar-refractivity contribution is 0.0696. The van der Waals surface area contributed by atoms with Crippen molar-refractivity contribution in [2.24, 2.45) is 0 Å². The molecule has 132 valence electrons. The average molecular weight is 359 g/mol. The molecule has 0 aliphatic rings. The van der Waals surface area contributed by atoms with Crippen molar-refractivity contribution in [3.63, 3.8) is 0 Å². The van der Waals surface area contributed by atoms with Gasteiger partial charge in [0.15, 0.2) is 0 Å². The quantitative estimate of drug-likeness (QED) is 0.556. The number of carbonyl (C=O) groups is 1. The van der Waals surface area contributed by atoms with Crippen molar-refractivity contribution >= 4 is 5.97 Å². The highest BCUT2D eigenvalue weighted by atomic mass is 19.1. The summed E-state index contributed by atoms with van der Waals surface area (Å²) < 4.78 is 14.0. The number of imidazole rings is 1. The normalized spacial score (nSPS) is 10.7. The lowest BCUT2D eigenvalue weighted by Crippen LogP contribution is -1.98. The summed E-state index contributed by atoms with van der Waals surface area (Å²) in [5, 5.41) is 9.25. The van der Waals surface area contributed by atoms with Crippen LogP contribution in [0.5, 0.6) is 0 Å². The maximum atomic E-state index is 14.0. The second-order valence-corrected chi connectivity index (χ2v) is 5.94. The van der Waals surface area contributed by atoms with Gasteiger partial charge in [-0.15, -0.1) is 0 Å². The first-order chi connectivity index (χ1) is 13.1. The fraction of sp³-hybridized carbons (Fsp3) is 0. The Kier molecular flexibility index (Phi) is 4.22. The van der Waals surface area contributed by atoms with E-state index in [-0.39, 0.29) is 5.56 Å². The van der Waals surface area contributed by atoms with Crippen molar-refractivity contribution < 1.29 is 14.3 Å². The molecule has 0 spiro atoms. The summed E-state index contributed by atoms with van der Waals surface area (Å²) >= 11 is 0. The number of pyridine rings is 1. The van der Waals surface area contributed by atoms with E-state index < -0.39 is 11.8 Å². The molecule has 0 radical (unpaired) electrons. The van der Waals surface area contributed by atoms with E-state index in [2.05, 4.69) is 15.0 Å². The fourth-order valence-corrected chi connectivity index (χ4v) is 2.89. The molecule has 0 aliphatic carbocycles. The summed E-state index contributed by atoms with van der Waals surface area (Å²) in [6, 6.07) is 16.8. The van der Waals surface area contributed by atoms with E-state index in [9.17, 15) is 14.3 Å². The molecule has 0 amide bonds. The van der Waals surface area contributed by atoms with E-state index in [0.717, 1.165) is 17.2 Å². The number of hydrogen-bond acceptors (Lipinski definition) is 3. The third kappa shape index (κ3) is 3.32. The zero-order valence-electron chi connectivity index (χ0n) is 14.1. The van der Waals surface area contributed by atoms with Gasteiger partial charge in [0.2, 0.25) is 0 Å². The summed E-state index contributed by atoms with van der Waals surface area (Å²) in [6.45, 7) is 0. The minimum absolute atomic E-state index is 0.130. The van der Waals surface area contributed by atoms with Gasteiger partial charge in [0.1, 0.15) is 11.6 Å². The summed E-state index contributed by atoms with van der Waals surface area (Å²) in [6.07, 6.45) is 3.30. The van der Waals surface area contributed by atoms with Crippen LogP contribution in [-0.4, -0.2) is 26.0 Å². The minimum atomic E-state index is -1.19. The monoisotopic (exact) mass is 359 g/mol. The number of nitrogens with one attached hydrogen (secondary N) is 1. The minimum Gasteiger partial charge on any atom is -0.478 e. The lowest BCUT2D eigenvalue weighted by atomic mass is 10.0. The second-order valence-electron chi connectivity index (χ2n) is 5.94. The highest BCUT2D eigenvalue weighted by Crippen LogP contribution is 2.33. The van der Waals surface area contributed by atoms with Crippen LogP contribution >= 0.6 is 0 Å². The molecule has 2 N–H and O–H groups in total. The van der Waals surface area contributed by atoms with E-state index in [4.69, 9.17) is 0 Å². The van der Waals surface area contributed by atoms with Crippen LogP contribution in [0, 0.1) is 5.82 Å². The first kappa shape index (κ1) is 16.7. The van der Waals surface area contributed by atoms with Crippen molar-refractivity contribution in [2.45, 2.75) is 0 Å². The van der Waals surface area contributed by atoms with E-state index in [1.54, 1.807) is 12.4 Å². The molecular weight excluding hydrogens is 345 g/mol. The summed E-state index contributed by atoms with van der Waals surface area (Å²) in [5.41, 5.74) is 3.08. The van der Waals surface area contributed by atoms with E-state index in [1.807, 2.05) is 42.5 Å². The smallest absolute Gasteiger partial charge is 0.335 e. The number of aromatic carboxylic acids is 1. The zero-order chi connectivity index (χ0) is 18.8. The van der Waals surface area contributed by atoms with E-state index in [1.165, 1.54) is 12.1 Å². The fourth-order valence-electron chi connectivity index (χ4n) is 2.89. The number of benzene rings is 2. The number of carboxylic acid groups (broad SMARTS) is 1. The molecule has 0 aliphatic heterocycles. The molecule has 2 aromatic heterocycles. The average Bonchev–Trinajstić information content (AvgIpc) is 3.14. The number of hydrogen-bond donors (Lipinski definition) is 2. The topological polar surface area (TPSA) is 78.9 Å². The highest BCUT2D eigenvalue weighted by molar-refractivity contribution is 5.90. The Bertz CT molecular complexity index is 1110. The maximum absolute atomic E-state index is 14.0. The molecule has 5 nitrogen and oxygen atoms in total. The van der Waals surface area contributed by atoms with Crippen LogP contribution in [0.4, 0.5) is 4.39 Å². The third-order valence-corrected chi connectivity index (χ3v) is 4.14. The van der Waals surface area contributed by atoms with Gasteiger partial charge in [-0.25, -0.2) is 14.2 Å². The lowest BCUT2D eigenvalue weighted by Gasteiger charge is -2.05. The number of nitrogens with zero attached hydrogens (tertiary/aromatic N) is 2. The van der Waals surface area contributed by atoms with Crippen LogP contribution in [0.15, 0.2) is 73.1 Å². The summed E-state index contributed by atoms with van der Waals surface area (Å²) in [5.74, 6) is -1.21. The van der Waals surface area contributed by atoms with Gasteiger partial charge < -0.3 is 10.1 Å². The Hall–Kier alpha value is -3.80. The second kappa shape index (κ2) is 6.84. The van der Waals surface area contributed by atoms with Gasteiger partial charge in [-0.2, -0.15) is 0 Å². The molecule has 0 saturated carbocycles. The van der Waals surface area contributed by atoms with E-state index in [0.29, 0.717) is 22.8 Å². The Balaban J connectivity index is 1.94. The number of H-pyrrole nitrogens is 1. The van der Waals surface area contributed by atoms with Gasteiger partial charge in [-0.3, -0.25) is 4.98 Å². The number of halogens is 1. The molecule has 0 unspecified atom stereocenters. The highest BCUT2D eigenvalue weighted by Gasteiger charge is 2.17. The molecule has 6 heteroatoms. The molecule has 4 rings (SSSR count). The van der Waals surface area contributed by atoms with Crippen molar-refractivity contribution in [3.05, 3.63) is 84.4 Å². The number of aromatic amines is 1. The van der Waals surface area contributed by atoms with Crippen LogP contribution in [-0.2, 0) is 0 Å². The SMILES string of the molecule is O=C(O)c1cc(F)cc(-c2nc(-c3ccccc3)[nH]c2-c2ccncc2)c1. The molecule has 27 heavy (non-hydrogen) atoms. The molecule has 4 aromatic rings. The standard InChI is InChI=1S/C21H14FN3O2/c22-17-11-15(10-16(12-17)21(26)27)19-18(13-6-8-23-9-7-13)24-20(25-19)14-4-2-1-3-5-14/h1-12H,(H,24,25)(H,26,27). The molecule has 0 fully saturated rings. The van der Waals surface area contributed by atoms with Gasteiger partial charge in [0, 0.05) is 29.1 Å². The van der Waals surface area contributed by atoms with Crippen LogP contribution < -0.4 is 0 Å². The first-order valence-electron chi connectivity index (χ1n) is 8.22. The van der Waals surface area contributed by atoms with Gasteiger partial charge in [0.05, 0.1) is 17.0 Å². The number of carboxylic acids is 1. The number of rotatable bonds is 4. The maximum Gasteiger partial charge on any atom is 0.335 e. The van der Waals surface area contributed by atoms with Crippen molar-refractivity contribution in [3.8, 4) is 33.9 Å². The first-order valence-corrected chi connectivity index (χ1v) is 8.22. The molecule has 0 atom stereocenters. The summed E-state index contributed by atoms with van der Waals surface area (Å²) in [4.78, 5) is 23.2. The Labute approximate surface area is 154 Å². The largest absolute Gasteiger partial charge is 0.478 e. The predicted octanol–water partition coefficient (Wildman–Crippen LogP) is 4.64. The van der Waals surface area contributed by atoms with Gasteiger partial charge in [-0.1, -0.05) is 30.3 Å². The van der Waals surface area contributed by atoms with Gasteiger partial charge in [-0.05, 0) is 30.3 Å². The van der Waals surface area contributed by atoms with Crippen LogP contribution in [0.3, 0.4) is 0 Å². The predicted molar refractivity (Wildman–Crippen MR) is 99.6 cm³/mol. The molecule has 0 bridgehead atoms. The third-order valence-electron chi connectivity index (χ3n) is 4.14. The molecular formula is C21H14FN3O2. The molecule has 0 saturated heterocycles. The van der Waals surface area contributed by atoms with Crippen LogP contribution in [0.25, 0.3) is 33.9 Å². The Morgan fingerprint density at radius 1 is 0.926 bits per heavy atom. The van der Waals surface area contributed by atoms with Crippen molar-refractivity contribution in [1.82, 2.24) is 15.0 Å². The van der Waals surface area contributed by atoms with Crippen LogP contribution in [0.2, 0.25) is 0 Å². The molecule has 2 heterocycles. The van der Waals surface area contributed by atoms with Crippen LogP contribution in [0.1, 0.15) is 10.4 Å². The Morgan fingerprint density at radius 3 is 2.37 bits per heavy atom. The Morgan fingerprint density at radius 2 is 1.67 bits per heavy atom.